The molecule has 3 rings (SSSR count). The first-order chi connectivity index (χ1) is 12.3. The van der Waals surface area contributed by atoms with Gasteiger partial charge in [0.1, 0.15) is 5.82 Å². The molecule has 0 bridgehead atoms. The number of hydrogen-bond donors (Lipinski definition) is 0. The van der Waals surface area contributed by atoms with E-state index in [2.05, 4.69) is 0 Å². The second kappa shape index (κ2) is 7.35. The van der Waals surface area contributed by atoms with Crippen LogP contribution in [-0.2, 0) is 12.7 Å². The molecule has 0 aromatic heterocycles. The zero-order valence-electron chi connectivity index (χ0n) is 14.5. The van der Waals surface area contributed by atoms with Crippen LogP contribution in [0.4, 0.5) is 23.2 Å². The first-order valence-corrected chi connectivity index (χ1v) is 9.36. The maximum absolute atomic E-state index is 13.7. The Kier molecular flexibility index (Phi) is 5.32. The summed E-state index contributed by atoms with van der Waals surface area (Å²) < 4.78 is 54.2. The van der Waals surface area contributed by atoms with Crippen molar-refractivity contribution in [2.24, 2.45) is 0 Å². The smallest absolute Gasteiger partial charge is 0.331 e. The lowest BCUT2D eigenvalue weighted by Gasteiger charge is -2.36. The SMILES string of the molecule is CCSC1=CC(C)c2cccc(C(F)(F)F)c2N1Cc1ccc(F)cc1. The molecule has 1 nitrogen and oxygen atoms in total. The van der Waals surface area contributed by atoms with Crippen LogP contribution in [-0.4, -0.2) is 5.75 Å². The average molecular weight is 381 g/mol. The molecule has 2 aromatic rings. The quantitative estimate of drug-likeness (QED) is 0.552. The van der Waals surface area contributed by atoms with Gasteiger partial charge in [0.05, 0.1) is 16.3 Å². The van der Waals surface area contributed by atoms with Crippen molar-refractivity contribution in [2.75, 3.05) is 10.7 Å². The molecule has 0 saturated carbocycles. The highest BCUT2D eigenvalue weighted by atomic mass is 32.2. The average Bonchev–Trinajstić information content (AvgIpc) is 2.59. The van der Waals surface area contributed by atoms with E-state index in [1.807, 2.05) is 19.9 Å². The van der Waals surface area contributed by atoms with Crippen LogP contribution in [0, 0.1) is 5.82 Å². The molecule has 138 valence electrons. The normalized spacial score (nSPS) is 17.1. The Balaban J connectivity index is 2.12. The van der Waals surface area contributed by atoms with Crippen LogP contribution in [0.3, 0.4) is 0 Å². The van der Waals surface area contributed by atoms with Crippen molar-refractivity contribution in [1.29, 1.82) is 0 Å². The van der Waals surface area contributed by atoms with E-state index < -0.39 is 11.7 Å². The number of hydrogen-bond acceptors (Lipinski definition) is 2. The molecule has 0 amide bonds. The van der Waals surface area contributed by atoms with Gasteiger partial charge < -0.3 is 4.90 Å². The predicted octanol–water partition coefficient (Wildman–Crippen LogP) is 6.56. The molecule has 0 N–H and O–H groups in total. The summed E-state index contributed by atoms with van der Waals surface area (Å²) in [7, 11) is 0. The van der Waals surface area contributed by atoms with E-state index >= 15 is 0 Å². The van der Waals surface area contributed by atoms with Gasteiger partial charge in [-0.25, -0.2) is 4.39 Å². The molecule has 1 heterocycles. The summed E-state index contributed by atoms with van der Waals surface area (Å²) in [5.74, 6) is 0.282. The van der Waals surface area contributed by atoms with Crippen LogP contribution in [0.25, 0.3) is 0 Å². The molecule has 0 saturated heterocycles. The predicted molar refractivity (Wildman–Crippen MR) is 98.7 cm³/mol. The van der Waals surface area contributed by atoms with Crippen molar-refractivity contribution < 1.29 is 17.6 Å². The summed E-state index contributed by atoms with van der Waals surface area (Å²) in [6.07, 6.45) is -2.44. The summed E-state index contributed by atoms with van der Waals surface area (Å²) >= 11 is 1.52. The van der Waals surface area contributed by atoms with Gasteiger partial charge in [-0.05, 0) is 41.2 Å². The van der Waals surface area contributed by atoms with Gasteiger partial charge in [0, 0.05) is 12.5 Å². The largest absolute Gasteiger partial charge is 0.418 e. The number of rotatable bonds is 4. The molecule has 26 heavy (non-hydrogen) atoms. The maximum Gasteiger partial charge on any atom is 0.418 e. The second-order valence-electron chi connectivity index (χ2n) is 6.18. The summed E-state index contributed by atoms with van der Waals surface area (Å²) in [6, 6.07) is 10.2. The van der Waals surface area contributed by atoms with E-state index in [0.717, 1.165) is 22.4 Å². The Bertz CT molecular complexity index is 812. The van der Waals surface area contributed by atoms with Gasteiger partial charge in [0.2, 0.25) is 0 Å². The fourth-order valence-electron chi connectivity index (χ4n) is 3.17. The Morgan fingerprint density at radius 2 is 1.77 bits per heavy atom. The van der Waals surface area contributed by atoms with Gasteiger partial charge in [-0.2, -0.15) is 13.2 Å². The molecular formula is C20H19F4NS. The first kappa shape index (κ1) is 18.8. The first-order valence-electron chi connectivity index (χ1n) is 8.38. The van der Waals surface area contributed by atoms with E-state index in [-0.39, 0.29) is 24.0 Å². The number of halogens is 4. The van der Waals surface area contributed by atoms with Crippen LogP contribution < -0.4 is 4.90 Å². The summed E-state index contributed by atoms with van der Waals surface area (Å²) in [4.78, 5) is 1.71. The highest BCUT2D eigenvalue weighted by Gasteiger charge is 2.38. The van der Waals surface area contributed by atoms with E-state index in [1.54, 1.807) is 23.1 Å². The number of allylic oxidation sites excluding steroid dienone is 1. The van der Waals surface area contributed by atoms with Crippen molar-refractivity contribution in [2.45, 2.75) is 32.5 Å². The zero-order valence-corrected chi connectivity index (χ0v) is 15.3. The summed E-state index contributed by atoms with van der Waals surface area (Å²) in [6.45, 7) is 4.13. The standard InChI is InChI=1S/C20H19F4NS/c1-3-26-18-11-13(2)16-5-4-6-17(20(22,23)24)19(16)25(18)12-14-7-9-15(21)10-8-14/h4-11,13H,3,12H2,1-2H3. The Morgan fingerprint density at radius 1 is 1.08 bits per heavy atom. The topological polar surface area (TPSA) is 3.24 Å². The number of fused-ring (bicyclic) bond motifs is 1. The van der Waals surface area contributed by atoms with Crippen LogP contribution in [0.2, 0.25) is 0 Å². The van der Waals surface area contributed by atoms with E-state index in [0.29, 0.717) is 5.56 Å². The number of benzene rings is 2. The molecular weight excluding hydrogens is 362 g/mol. The number of alkyl halides is 3. The number of anilines is 1. The Morgan fingerprint density at radius 3 is 2.38 bits per heavy atom. The highest BCUT2D eigenvalue weighted by Crippen LogP contribution is 2.47. The second-order valence-corrected chi connectivity index (χ2v) is 7.46. The third kappa shape index (κ3) is 3.75. The minimum atomic E-state index is -4.44. The van der Waals surface area contributed by atoms with Crippen molar-refractivity contribution in [3.63, 3.8) is 0 Å². The maximum atomic E-state index is 13.7. The number of thioether (sulfide) groups is 1. The summed E-state index contributed by atoms with van der Waals surface area (Å²) in [5, 5.41) is 0.800. The molecule has 2 aromatic carbocycles. The van der Waals surface area contributed by atoms with Crippen molar-refractivity contribution in [3.05, 3.63) is 76.1 Å². The van der Waals surface area contributed by atoms with Crippen molar-refractivity contribution >= 4 is 17.4 Å². The lowest BCUT2D eigenvalue weighted by molar-refractivity contribution is -0.137. The van der Waals surface area contributed by atoms with Crippen LogP contribution in [0.1, 0.15) is 36.5 Å². The summed E-state index contributed by atoms with van der Waals surface area (Å²) in [5.41, 5.74) is 0.982. The van der Waals surface area contributed by atoms with Crippen LogP contribution in [0.5, 0.6) is 0 Å². The third-order valence-electron chi connectivity index (χ3n) is 4.34. The van der Waals surface area contributed by atoms with Gasteiger partial charge in [-0.1, -0.05) is 38.1 Å². The minimum Gasteiger partial charge on any atom is -0.331 e. The van der Waals surface area contributed by atoms with Crippen molar-refractivity contribution in [3.8, 4) is 0 Å². The third-order valence-corrected chi connectivity index (χ3v) is 5.28. The molecule has 1 unspecified atom stereocenters. The lowest BCUT2D eigenvalue weighted by atomic mass is 9.92. The Hall–Kier alpha value is -1.95. The Labute approximate surface area is 154 Å². The van der Waals surface area contributed by atoms with Gasteiger partial charge in [-0.3, -0.25) is 0 Å². The molecule has 0 aliphatic carbocycles. The number of para-hydroxylation sites is 1. The lowest BCUT2D eigenvalue weighted by Crippen LogP contribution is -2.28. The van der Waals surface area contributed by atoms with Crippen LogP contribution in [0.15, 0.2) is 53.6 Å². The van der Waals surface area contributed by atoms with Gasteiger partial charge in [0.15, 0.2) is 0 Å². The fourth-order valence-corrected chi connectivity index (χ4v) is 4.07. The molecule has 1 aliphatic heterocycles. The molecule has 0 spiro atoms. The molecule has 6 heteroatoms. The van der Waals surface area contributed by atoms with E-state index in [4.69, 9.17) is 0 Å². The molecule has 0 radical (unpaired) electrons. The monoisotopic (exact) mass is 381 g/mol. The number of nitrogens with zero attached hydrogens (tertiary/aromatic N) is 1. The van der Waals surface area contributed by atoms with Crippen LogP contribution >= 0.6 is 11.8 Å². The van der Waals surface area contributed by atoms with Crippen molar-refractivity contribution in [1.82, 2.24) is 0 Å². The van der Waals surface area contributed by atoms with Gasteiger partial charge >= 0.3 is 6.18 Å². The highest BCUT2D eigenvalue weighted by molar-refractivity contribution is 8.03. The molecule has 0 fully saturated rings. The van der Waals surface area contributed by atoms with E-state index in [1.165, 1.54) is 30.0 Å². The van der Waals surface area contributed by atoms with Gasteiger partial charge in [-0.15, -0.1) is 11.8 Å². The fraction of sp³-hybridized carbons (Fsp3) is 0.300. The molecule has 1 aliphatic rings. The minimum absolute atomic E-state index is 0.106. The van der Waals surface area contributed by atoms with E-state index in [9.17, 15) is 17.6 Å². The molecule has 1 atom stereocenters. The van der Waals surface area contributed by atoms with Gasteiger partial charge in [0.25, 0.3) is 0 Å². The zero-order chi connectivity index (χ0) is 18.9.